The molecular formula is C23H29IN4O2. The number of benzene rings is 2. The van der Waals surface area contributed by atoms with Gasteiger partial charge in [0.05, 0.1) is 6.54 Å². The molecule has 0 radical (unpaired) electrons. The van der Waals surface area contributed by atoms with Crippen LogP contribution in [-0.4, -0.2) is 43.0 Å². The van der Waals surface area contributed by atoms with Crippen molar-refractivity contribution in [2.24, 2.45) is 10.7 Å². The van der Waals surface area contributed by atoms with E-state index in [1.807, 2.05) is 30.3 Å². The van der Waals surface area contributed by atoms with E-state index in [4.69, 9.17) is 15.5 Å². The average molecular weight is 520 g/mol. The molecule has 3 N–H and O–H groups in total. The Morgan fingerprint density at radius 3 is 2.67 bits per heavy atom. The molecule has 7 heteroatoms. The van der Waals surface area contributed by atoms with Crippen molar-refractivity contribution in [3.8, 4) is 5.75 Å². The summed E-state index contributed by atoms with van der Waals surface area (Å²) in [6.07, 6.45) is 3.27. The minimum atomic E-state index is -0.490. The Hall–Kier alpha value is -2.55. The van der Waals surface area contributed by atoms with Gasteiger partial charge in [-0.1, -0.05) is 48.5 Å². The third kappa shape index (κ3) is 7.05. The molecule has 6 nitrogen and oxygen atoms in total. The number of rotatable bonds is 7. The summed E-state index contributed by atoms with van der Waals surface area (Å²) in [7, 11) is 0. The van der Waals surface area contributed by atoms with Crippen LogP contribution < -0.4 is 15.8 Å². The quantitative estimate of drug-likeness (QED) is 0.333. The van der Waals surface area contributed by atoms with E-state index in [2.05, 4.69) is 47.5 Å². The van der Waals surface area contributed by atoms with Crippen molar-refractivity contribution in [2.75, 3.05) is 26.2 Å². The van der Waals surface area contributed by atoms with Crippen molar-refractivity contribution in [1.82, 2.24) is 10.2 Å². The normalized spacial score (nSPS) is 13.8. The monoisotopic (exact) mass is 520 g/mol. The molecular weight excluding hydrogens is 491 g/mol. The lowest BCUT2D eigenvalue weighted by atomic mass is 10.00. The van der Waals surface area contributed by atoms with Crippen LogP contribution in [0, 0.1) is 0 Å². The Kier molecular flexibility index (Phi) is 9.66. The third-order valence-electron chi connectivity index (χ3n) is 4.68. The molecule has 0 aliphatic carbocycles. The second-order valence-corrected chi connectivity index (χ2v) is 6.86. The van der Waals surface area contributed by atoms with E-state index in [1.165, 1.54) is 11.1 Å². The molecule has 2 aromatic rings. The molecule has 0 bridgehead atoms. The van der Waals surface area contributed by atoms with E-state index in [1.54, 1.807) is 0 Å². The van der Waals surface area contributed by atoms with E-state index in [-0.39, 0.29) is 30.6 Å². The minimum absolute atomic E-state index is 0. The maximum atomic E-state index is 10.9. The van der Waals surface area contributed by atoms with Gasteiger partial charge >= 0.3 is 0 Å². The van der Waals surface area contributed by atoms with Gasteiger partial charge in [0, 0.05) is 19.6 Å². The van der Waals surface area contributed by atoms with E-state index in [0.717, 1.165) is 37.6 Å². The number of halogens is 1. The van der Waals surface area contributed by atoms with Gasteiger partial charge in [0.2, 0.25) is 0 Å². The first-order chi connectivity index (χ1) is 14.2. The predicted octanol–water partition coefficient (Wildman–Crippen LogP) is 3.42. The Morgan fingerprint density at radius 1 is 1.20 bits per heavy atom. The molecule has 3 rings (SSSR count). The standard InChI is InChI=1S/C23H28N4O2.HI/c1-2-25-23(26-16-18-7-6-10-21(15-18)29-17-22(24)28)27-13-11-20(12-14-27)19-8-4-3-5-9-19;/h3-11,15H,2,12-14,16-17H2,1H3,(H2,24,28)(H,25,26);1H. The SMILES string of the molecule is CCNC(=NCc1cccc(OCC(N)=O)c1)N1CC=C(c2ccccc2)CC1.I. The molecule has 0 spiro atoms. The Bertz CT molecular complexity index is 884. The van der Waals surface area contributed by atoms with Crippen molar-refractivity contribution in [3.05, 3.63) is 71.8 Å². The molecule has 0 aromatic heterocycles. The number of nitrogens with zero attached hydrogens (tertiary/aromatic N) is 2. The second kappa shape index (κ2) is 12.2. The molecule has 2 aromatic carbocycles. The van der Waals surface area contributed by atoms with E-state index >= 15 is 0 Å². The highest BCUT2D eigenvalue weighted by Gasteiger charge is 2.16. The van der Waals surface area contributed by atoms with Crippen LogP contribution in [0.25, 0.3) is 5.57 Å². The number of carbonyl (C=O) groups is 1. The van der Waals surface area contributed by atoms with Crippen LogP contribution in [0.5, 0.6) is 5.75 Å². The fourth-order valence-corrected chi connectivity index (χ4v) is 3.26. The zero-order valence-corrected chi connectivity index (χ0v) is 19.5. The molecule has 0 unspecified atom stereocenters. The molecule has 1 aliphatic rings. The Labute approximate surface area is 195 Å². The number of primary amides is 1. The lowest BCUT2D eigenvalue weighted by Gasteiger charge is -2.30. The van der Waals surface area contributed by atoms with Gasteiger partial charge in [-0.15, -0.1) is 24.0 Å². The fraction of sp³-hybridized carbons (Fsp3) is 0.304. The number of amides is 1. The lowest BCUT2D eigenvalue weighted by molar-refractivity contribution is -0.119. The highest BCUT2D eigenvalue weighted by Crippen LogP contribution is 2.22. The van der Waals surface area contributed by atoms with Crippen LogP contribution in [0.1, 0.15) is 24.5 Å². The first-order valence-electron chi connectivity index (χ1n) is 9.93. The number of nitrogens with one attached hydrogen (secondary N) is 1. The van der Waals surface area contributed by atoms with E-state index < -0.39 is 5.91 Å². The average Bonchev–Trinajstić information content (AvgIpc) is 2.76. The molecule has 0 fully saturated rings. The van der Waals surface area contributed by atoms with Crippen molar-refractivity contribution >= 4 is 41.4 Å². The van der Waals surface area contributed by atoms with Crippen molar-refractivity contribution in [3.63, 3.8) is 0 Å². The maximum Gasteiger partial charge on any atom is 0.255 e. The summed E-state index contributed by atoms with van der Waals surface area (Å²) in [4.78, 5) is 18.0. The van der Waals surface area contributed by atoms with Gasteiger partial charge < -0.3 is 20.7 Å². The molecule has 0 saturated heterocycles. The van der Waals surface area contributed by atoms with E-state index in [9.17, 15) is 4.79 Å². The predicted molar refractivity (Wildman–Crippen MR) is 132 cm³/mol. The first kappa shape index (κ1) is 23.7. The molecule has 1 heterocycles. The van der Waals surface area contributed by atoms with E-state index in [0.29, 0.717) is 12.3 Å². The summed E-state index contributed by atoms with van der Waals surface area (Å²) in [6.45, 7) is 5.04. The van der Waals surface area contributed by atoms with Gasteiger partial charge in [-0.25, -0.2) is 4.99 Å². The zero-order valence-electron chi connectivity index (χ0n) is 17.2. The van der Waals surface area contributed by atoms with Crippen LogP contribution >= 0.6 is 24.0 Å². The van der Waals surface area contributed by atoms with Crippen molar-refractivity contribution < 1.29 is 9.53 Å². The van der Waals surface area contributed by atoms with Crippen LogP contribution in [0.2, 0.25) is 0 Å². The fourth-order valence-electron chi connectivity index (χ4n) is 3.26. The third-order valence-corrected chi connectivity index (χ3v) is 4.68. The Morgan fingerprint density at radius 2 is 2.00 bits per heavy atom. The number of nitrogens with two attached hydrogens (primary N) is 1. The summed E-state index contributed by atoms with van der Waals surface area (Å²) < 4.78 is 5.38. The molecule has 0 saturated carbocycles. The molecule has 0 atom stereocenters. The molecule has 160 valence electrons. The molecule has 1 amide bonds. The zero-order chi connectivity index (χ0) is 20.5. The molecule has 1 aliphatic heterocycles. The summed E-state index contributed by atoms with van der Waals surface area (Å²) in [5.41, 5.74) is 8.83. The van der Waals surface area contributed by atoms with Gasteiger partial charge in [0.25, 0.3) is 5.91 Å². The largest absolute Gasteiger partial charge is 0.484 e. The summed E-state index contributed by atoms with van der Waals surface area (Å²) in [6, 6.07) is 18.1. The Balaban J connectivity index is 0.00000320. The number of ether oxygens (including phenoxy) is 1. The topological polar surface area (TPSA) is 80.0 Å². The maximum absolute atomic E-state index is 10.9. The summed E-state index contributed by atoms with van der Waals surface area (Å²) >= 11 is 0. The first-order valence-corrected chi connectivity index (χ1v) is 9.93. The number of hydrogen-bond donors (Lipinski definition) is 2. The van der Waals surface area contributed by atoms with Gasteiger partial charge in [-0.3, -0.25) is 4.79 Å². The number of guanidine groups is 1. The van der Waals surface area contributed by atoms with Crippen molar-refractivity contribution in [2.45, 2.75) is 19.9 Å². The minimum Gasteiger partial charge on any atom is -0.484 e. The van der Waals surface area contributed by atoms with Crippen LogP contribution in [0.4, 0.5) is 0 Å². The highest BCUT2D eigenvalue weighted by molar-refractivity contribution is 14.0. The molecule has 30 heavy (non-hydrogen) atoms. The van der Waals surface area contributed by atoms with Crippen molar-refractivity contribution in [1.29, 1.82) is 0 Å². The smallest absolute Gasteiger partial charge is 0.255 e. The number of hydrogen-bond acceptors (Lipinski definition) is 3. The lowest BCUT2D eigenvalue weighted by Crippen LogP contribution is -2.43. The summed E-state index contributed by atoms with van der Waals surface area (Å²) in [5, 5.41) is 3.39. The number of aliphatic imine (C=N–C) groups is 1. The van der Waals surface area contributed by atoms with Gasteiger partial charge in [-0.05, 0) is 42.2 Å². The second-order valence-electron chi connectivity index (χ2n) is 6.86. The number of carbonyl (C=O) groups excluding carboxylic acids is 1. The van der Waals surface area contributed by atoms with Crippen LogP contribution in [0.3, 0.4) is 0 Å². The van der Waals surface area contributed by atoms with Gasteiger partial charge in [0.1, 0.15) is 5.75 Å². The summed E-state index contributed by atoms with van der Waals surface area (Å²) in [5.74, 6) is 1.03. The highest BCUT2D eigenvalue weighted by atomic mass is 127. The van der Waals surface area contributed by atoms with Gasteiger partial charge in [0.15, 0.2) is 12.6 Å². The van der Waals surface area contributed by atoms with Crippen LogP contribution in [0.15, 0.2) is 65.7 Å². The van der Waals surface area contributed by atoms with Crippen LogP contribution in [-0.2, 0) is 11.3 Å². The van der Waals surface area contributed by atoms with Gasteiger partial charge in [-0.2, -0.15) is 0 Å².